The van der Waals surface area contributed by atoms with Gasteiger partial charge in [-0.15, -0.1) is 0 Å². The second-order valence-electron chi connectivity index (χ2n) is 9.58. The zero-order chi connectivity index (χ0) is 31.0. The fourth-order valence-corrected chi connectivity index (χ4v) is 7.60. The molecule has 234 valence electrons. The van der Waals surface area contributed by atoms with Crippen LogP contribution in [0.1, 0.15) is 12.5 Å². The second-order valence-corrected chi connectivity index (χ2v) is 15.2. The molecular weight excluding hydrogens is 672 g/mol. The molecule has 7 rings (SSSR count). The molecule has 2 saturated heterocycles. The molecule has 2 fully saturated rings. The predicted molar refractivity (Wildman–Crippen MR) is 151 cm³/mol. The van der Waals surface area contributed by atoms with Crippen molar-refractivity contribution < 1.29 is 45.8 Å². The third-order valence-electron chi connectivity index (χ3n) is 6.90. The van der Waals surface area contributed by atoms with E-state index < -0.39 is 69.0 Å². The molecule has 0 spiro atoms. The lowest BCUT2D eigenvalue weighted by molar-refractivity contribution is -0.0486. The number of nitrogen functional groups attached to an aromatic ring is 2. The molecule has 7 heterocycles. The van der Waals surface area contributed by atoms with E-state index in [1.165, 1.54) is 21.8 Å². The molecule has 5 N–H and O–H groups in total. The van der Waals surface area contributed by atoms with E-state index in [0.29, 0.717) is 6.26 Å². The lowest BCUT2D eigenvalue weighted by Crippen LogP contribution is -2.32. The summed E-state index contributed by atoms with van der Waals surface area (Å²) in [5, 5.41) is 0. The number of ether oxygens (including phenoxy) is 2. The Morgan fingerprint density at radius 2 is 1.57 bits per heavy atom. The Bertz CT molecular complexity index is 1900. The number of hydrogen-bond donors (Lipinski definition) is 4. The Balaban J connectivity index is 1.25. The third kappa shape index (κ3) is 5.09. The normalized spacial score (nSPS) is 37.3. The Hall–Kier alpha value is -3.07. The van der Waals surface area contributed by atoms with Crippen LogP contribution in [0.25, 0.3) is 22.3 Å². The van der Waals surface area contributed by atoms with E-state index in [9.17, 15) is 9.46 Å². The van der Waals surface area contributed by atoms with Gasteiger partial charge in [-0.25, -0.2) is 43.2 Å². The van der Waals surface area contributed by atoms with Gasteiger partial charge >= 0.3 is 13.5 Å². The summed E-state index contributed by atoms with van der Waals surface area (Å²) >= 11 is 9.10. The van der Waals surface area contributed by atoms with Crippen LogP contribution >= 0.6 is 25.8 Å². The number of halogens is 2. The van der Waals surface area contributed by atoms with Crippen LogP contribution in [-0.4, -0.2) is 81.2 Å². The van der Waals surface area contributed by atoms with Gasteiger partial charge < -0.3 is 34.9 Å². The maximum atomic E-state index is 15.9. The van der Waals surface area contributed by atoms with E-state index in [1.807, 2.05) is 0 Å². The quantitative estimate of drug-likeness (QED) is 0.173. The van der Waals surface area contributed by atoms with Crippen LogP contribution in [0.15, 0.2) is 37.3 Å². The minimum Gasteiger partial charge on any atom is -0.465 e. The first kappa shape index (κ1) is 29.6. The van der Waals surface area contributed by atoms with Crippen LogP contribution in [-0.2, 0) is 43.9 Å². The molecule has 4 aromatic rings. The van der Waals surface area contributed by atoms with Crippen LogP contribution in [0, 0.1) is 0 Å². The molecule has 44 heavy (non-hydrogen) atoms. The van der Waals surface area contributed by atoms with Crippen molar-refractivity contribution in [3.05, 3.63) is 37.3 Å². The second kappa shape index (κ2) is 10.8. The predicted octanol–water partition coefficient (Wildman–Crippen LogP) is 1.85. The molecule has 24 heteroatoms. The Morgan fingerprint density at radius 3 is 2.20 bits per heavy atom. The van der Waals surface area contributed by atoms with Gasteiger partial charge in [0, 0.05) is 0 Å². The number of nitrogens with two attached hydrogens (primary N) is 2. The van der Waals surface area contributed by atoms with Crippen LogP contribution in [0.4, 0.5) is 20.4 Å². The number of fused-ring (bicyclic) bond motifs is 6. The molecule has 0 aliphatic carbocycles. The van der Waals surface area contributed by atoms with Gasteiger partial charge in [0.1, 0.15) is 48.5 Å². The molecular formula is C20H20F2N10O8P2S2. The number of imidazole rings is 2. The van der Waals surface area contributed by atoms with Gasteiger partial charge in [0.25, 0.3) is 0 Å². The summed E-state index contributed by atoms with van der Waals surface area (Å²) in [5.41, 5.74) is 12.4. The Kier molecular flexibility index (Phi) is 7.26. The van der Waals surface area contributed by atoms with Crippen LogP contribution in [0.3, 0.4) is 0 Å². The smallest absolute Gasteiger partial charge is 0.437 e. The lowest BCUT2D eigenvalue weighted by Gasteiger charge is -2.25. The average Bonchev–Trinajstić information content (AvgIpc) is 3.73. The molecule has 18 nitrogen and oxygen atoms in total. The van der Waals surface area contributed by atoms with E-state index in [0.717, 1.165) is 12.7 Å². The van der Waals surface area contributed by atoms with Crippen LogP contribution in [0.5, 0.6) is 0 Å². The number of thiol groups is 1. The highest BCUT2D eigenvalue weighted by Crippen LogP contribution is 2.59. The van der Waals surface area contributed by atoms with Crippen LogP contribution < -0.4 is 11.5 Å². The van der Waals surface area contributed by atoms with Gasteiger partial charge in [0.05, 0.1) is 12.9 Å². The number of hydrogen-bond acceptors (Lipinski definition) is 16. The Morgan fingerprint density at radius 1 is 0.955 bits per heavy atom. The molecule has 0 radical (unpaired) electrons. The van der Waals surface area contributed by atoms with Gasteiger partial charge in [-0.3, -0.25) is 18.2 Å². The number of alkyl halides is 2. The molecule has 3 aliphatic heterocycles. The molecule has 3 aliphatic rings. The summed E-state index contributed by atoms with van der Waals surface area (Å²) in [6, 6.07) is 0. The third-order valence-corrected chi connectivity index (χ3v) is 9.91. The van der Waals surface area contributed by atoms with Gasteiger partial charge in [-0.1, -0.05) is 0 Å². The average molecular weight is 693 g/mol. The lowest BCUT2D eigenvalue weighted by atomic mass is 10.1. The van der Waals surface area contributed by atoms with Gasteiger partial charge in [0.2, 0.25) is 6.23 Å². The molecule has 0 aromatic carbocycles. The first-order chi connectivity index (χ1) is 20.9. The monoisotopic (exact) mass is 692 g/mol. The number of rotatable bonds is 2. The van der Waals surface area contributed by atoms with Crippen molar-refractivity contribution >= 4 is 71.5 Å². The topological polar surface area (TPSA) is 232 Å². The summed E-state index contributed by atoms with van der Waals surface area (Å²) in [6.07, 6.45) is -6.40. The van der Waals surface area contributed by atoms with Crippen molar-refractivity contribution in [2.24, 2.45) is 0 Å². The van der Waals surface area contributed by atoms with E-state index >= 15 is 8.78 Å². The largest absolute Gasteiger partial charge is 0.465 e. The van der Waals surface area contributed by atoms with E-state index in [1.54, 1.807) is 0 Å². The van der Waals surface area contributed by atoms with E-state index in [4.69, 9.17) is 50.8 Å². The summed E-state index contributed by atoms with van der Waals surface area (Å²) in [7, 11) is 0. The van der Waals surface area contributed by atoms with Gasteiger partial charge in [0.15, 0.2) is 53.4 Å². The van der Waals surface area contributed by atoms with Crippen LogP contribution in [0.2, 0.25) is 0 Å². The zero-order valence-electron chi connectivity index (χ0n) is 21.7. The molecule has 4 bridgehead atoms. The summed E-state index contributed by atoms with van der Waals surface area (Å²) < 4.78 is 80.8. The summed E-state index contributed by atoms with van der Waals surface area (Å²) in [5.74, 6) is -0.479. The minimum atomic E-state index is -4.51. The minimum absolute atomic E-state index is 0.0380. The fraction of sp³-hybridized carbons (Fsp3) is 0.400. The maximum Gasteiger partial charge on any atom is 0.437 e. The number of aromatic nitrogens is 8. The Labute approximate surface area is 254 Å². The van der Waals surface area contributed by atoms with Crippen molar-refractivity contribution in [2.45, 2.75) is 43.1 Å². The zero-order valence-corrected chi connectivity index (χ0v) is 25.2. The van der Waals surface area contributed by atoms with Crippen molar-refractivity contribution in [2.75, 3.05) is 18.1 Å². The van der Waals surface area contributed by atoms with Crippen molar-refractivity contribution in [1.82, 2.24) is 39.0 Å². The SMILES string of the molecule is Nc1ncnc2c1ncn2[C@@H]1O[C@@H]2COP(O)(=S)O[C@@H]3[C@H](F)/C(=C\OP(=O)(S)O[C@@H]1[C@@H]2F)O[C@H]3n1cnc2c(N)ncnc21. The molecule has 9 atom stereocenters. The van der Waals surface area contributed by atoms with Crippen molar-refractivity contribution in [1.29, 1.82) is 0 Å². The highest BCUT2D eigenvalue weighted by Gasteiger charge is 2.53. The highest BCUT2D eigenvalue weighted by molar-refractivity contribution is 8.44. The summed E-state index contributed by atoms with van der Waals surface area (Å²) in [6.45, 7) is -9.52. The fourth-order valence-electron chi connectivity index (χ4n) is 4.92. The van der Waals surface area contributed by atoms with Crippen molar-refractivity contribution in [3.8, 4) is 0 Å². The van der Waals surface area contributed by atoms with Gasteiger partial charge in [-0.05, 0) is 24.1 Å². The van der Waals surface area contributed by atoms with Gasteiger partial charge in [-0.2, -0.15) is 0 Å². The summed E-state index contributed by atoms with van der Waals surface area (Å²) in [4.78, 5) is 35.1. The maximum absolute atomic E-state index is 15.9. The molecule has 0 amide bonds. The first-order valence-corrected chi connectivity index (χ1v) is 17.7. The molecule has 0 saturated carbocycles. The number of anilines is 2. The standard InChI is InChI=1S/C20H20F2N10O8P2S2/c21-9-7-1-35-41(33,43)39-14-10(22)8(38-20(14)32-6-30-12-16(24)26-4-28-18(12)32)2-36-42(34,44)40-13(9)19(37-7)31-5-29-11-15(23)25-3-27-17(11)31/h1,3-6,8-10,13-14,19-20H,2H2,(H,33,43)(H,34,44)(H2,23,25,27)(H2,24,26,28)/b7-1+/t8-,9-,10-,13-,14-,19-,20-,41?,42?/m1/s1. The highest BCUT2D eigenvalue weighted by atomic mass is 32.7. The van der Waals surface area contributed by atoms with E-state index in [2.05, 4.69) is 42.2 Å². The molecule has 2 unspecified atom stereocenters. The first-order valence-electron chi connectivity index (χ1n) is 12.4. The van der Waals surface area contributed by atoms with Crippen molar-refractivity contribution in [3.63, 3.8) is 0 Å². The molecule has 4 aromatic heterocycles. The number of nitrogens with zero attached hydrogens (tertiary/aromatic N) is 8. The van der Waals surface area contributed by atoms with E-state index in [-0.39, 0.29) is 34.0 Å².